The van der Waals surface area contributed by atoms with Crippen molar-refractivity contribution in [3.05, 3.63) is 119 Å². The summed E-state index contributed by atoms with van der Waals surface area (Å²) in [5, 5.41) is 3.07. The standard InChI is InChI=1S/C39H47N3O6S/c1-8-30(5)40-39(44)35(23-31-14-10-9-11-15-31)41(25-32-16-12-13-27(2)20-32)38(43)26-42(33-21-28(3)19-29(4)22-33)49(45,46)34-17-18-36(47-6)37(24-34)48-7/h9-22,24,30,35H,8,23,25-26H2,1-7H3,(H,40,44)/t30-,35+/m0/s1. The van der Waals surface area contributed by atoms with Crippen LogP contribution in [0, 0.1) is 20.8 Å². The molecule has 2 amide bonds. The van der Waals surface area contributed by atoms with Gasteiger partial charge in [0.25, 0.3) is 10.0 Å². The highest BCUT2D eigenvalue weighted by Gasteiger charge is 2.35. The topological polar surface area (TPSA) is 105 Å². The minimum atomic E-state index is -4.33. The number of nitrogens with zero attached hydrogens (tertiary/aromatic N) is 2. The number of sulfonamides is 1. The monoisotopic (exact) mass is 685 g/mol. The predicted octanol–water partition coefficient (Wildman–Crippen LogP) is 6.38. The SMILES string of the molecule is CC[C@H](C)NC(=O)[C@@H](Cc1ccccc1)N(Cc1cccc(C)c1)C(=O)CN(c1cc(C)cc(C)c1)S(=O)(=O)c1ccc(OC)c(OC)c1. The van der Waals surface area contributed by atoms with Gasteiger partial charge in [-0.25, -0.2) is 8.42 Å². The van der Waals surface area contributed by atoms with Gasteiger partial charge in [0, 0.05) is 25.1 Å². The number of rotatable bonds is 15. The quantitative estimate of drug-likeness (QED) is 0.156. The average Bonchev–Trinajstić information content (AvgIpc) is 3.08. The molecule has 0 aliphatic carbocycles. The van der Waals surface area contributed by atoms with E-state index in [0.717, 1.165) is 32.1 Å². The van der Waals surface area contributed by atoms with E-state index in [1.807, 2.05) is 95.3 Å². The van der Waals surface area contributed by atoms with Crippen molar-refractivity contribution < 1.29 is 27.5 Å². The third-order valence-electron chi connectivity index (χ3n) is 8.42. The molecule has 2 atom stereocenters. The zero-order valence-corrected chi connectivity index (χ0v) is 30.2. The molecule has 0 aromatic heterocycles. The molecule has 0 radical (unpaired) electrons. The summed E-state index contributed by atoms with van der Waals surface area (Å²) in [5.74, 6) is -0.221. The maximum Gasteiger partial charge on any atom is 0.264 e. The van der Waals surface area contributed by atoms with Gasteiger partial charge in [-0.05, 0) is 80.6 Å². The molecule has 0 aliphatic rings. The van der Waals surface area contributed by atoms with E-state index in [-0.39, 0.29) is 35.6 Å². The highest BCUT2D eigenvalue weighted by Crippen LogP contribution is 2.33. The Bertz CT molecular complexity index is 1840. The van der Waals surface area contributed by atoms with Gasteiger partial charge in [-0.2, -0.15) is 0 Å². The van der Waals surface area contributed by atoms with Crippen molar-refractivity contribution in [3.63, 3.8) is 0 Å². The molecule has 1 N–H and O–H groups in total. The molecule has 0 spiro atoms. The Labute approximate surface area is 290 Å². The first kappa shape index (κ1) is 37.0. The second-order valence-electron chi connectivity index (χ2n) is 12.4. The van der Waals surface area contributed by atoms with Gasteiger partial charge in [0.1, 0.15) is 12.6 Å². The number of nitrogens with one attached hydrogen (secondary N) is 1. The molecule has 4 aromatic carbocycles. The molecule has 0 fully saturated rings. The molecule has 0 saturated heterocycles. The van der Waals surface area contributed by atoms with E-state index in [0.29, 0.717) is 17.9 Å². The van der Waals surface area contributed by atoms with Crippen LogP contribution in [0.5, 0.6) is 11.5 Å². The van der Waals surface area contributed by atoms with Crippen LogP contribution < -0.4 is 19.1 Å². The van der Waals surface area contributed by atoms with Gasteiger partial charge in [0.2, 0.25) is 11.8 Å². The van der Waals surface area contributed by atoms with E-state index in [2.05, 4.69) is 5.32 Å². The lowest BCUT2D eigenvalue weighted by atomic mass is 10.0. The number of amides is 2. The van der Waals surface area contributed by atoms with Crippen molar-refractivity contribution in [1.29, 1.82) is 0 Å². The summed E-state index contributed by atoms with van der Waals surface area (Å²) >= 11 is 0. The van der Waals surface area contributed by atoms with Gasteiger partial charge >= 0.3 is 0 Å². The molecule has 49 heavy (non-hydrogen) atoms. The molecule has 0 heterocycles. The van der Waals surface area contributed by atoms with Gasteiger partial charge in [-0.1, -0.05) is 73.2 Å². The summed E-state index contributed by atoms with van der Waals surface area (Å²) in [6.45, 7) is 9.16. The zero-order chi connectivity index (χ0) is 35.7. The number of methoxy groups -OCH3 is 2. The van der Waals surface area contributed by atoms with Crippen LogP contribution >= 0.6 is 0 Å². The number of carbonyl (C=O) groups is 2. The number of anilines is 1. The zero-order valence-electron chi connectivity index (χ0n) is 29.4. The van der Waals surface area contributed by atoms with Gasteiger partial charge < -0.3 is 19.7 Å². The van der Waals surface area contributed by atoms with Gasteiger partial charge in [0.05, 0.1) is 24.8 Å². The first-order chi connectivity index (χ1) is 23.4. The number of ether oxygens (including phenoxy) is 2. The highest BCUT2D eigenvalue weighted by atomic mass is 32.2. The van der Waals surface area contributed by atoms with Crippen molar-refractivity contribution >= 4 is 27.5 Å². The van der Waals surface area contributed by atoms with Crippen molar-refractivity contribution in [1.82, 2.24) is 10.2 Å². The fourth-order valence-electron chi connectivity index (χ4n) is 5.73. The van der Waals surface area contributed by atoms with Gasteiger partial charge in [0.15, 0.2) is 11.5 Å². The number of hydrogen-bond acceptors (Lipinski definition) is 6. The summed E-state index contributed by atoms with van der Waals surface area (Å²) in [6, 6.07) is 26.0. The maximum absolute atomic E-state index is 14.8. The Morgan fingerprint density at radius 2 is 1.43 bits per heavy atom. The fraction of sp³-hybridized carbons (Fsp3) is 0.333. The van der Waals surface area contributed by atoms with Crippen molar-refractivity contribution in [2.75, 3.05) is 25.1 Å². The number of hydrogen-bond donors (Lipinski definition) is 1. The second kappa shape index (κ2) is 16.5. The Morgan fingerprint density at radius 1 is 0.776 bits per heavy atom. The normalized spacial score (nSPS) is 12.5. The molecule has 4 aromatic rings. The highest BCUT2D eigenvalue weighted by molar-refractivity contribution is 7.92. The lowest BCUT2D eigenvalue weighted by molar-refractivity contribution is -0.140. The Hall–Kier alpha value is -4.83. The lowest BCUT2D eigenvalue weighted by Crippen LogP contribution is -2.54. The maximum atomic E-state index is 14.8. The summed E-state index contributed by atoms with van der Waals surface area (Å²) in [6.07, 6.45) is 0.951. The van der Waals surface area contributed by atoms with Crippen molar-refractivity contribution in [3.8, 4) is 11.5 Å². The smallest absolute Gasteiger partial charge is 0.264 e. The predicted molar refractivity (Wildman–Crippen MR) is 194 cm³/mol. The lowest BCUT2D eigenvalue weighted by Gasteiger charge is -2.34. The first-order valence-corrected chi connectivity index (χ1v) is 17.8. The fourth-order valence-corrected chi connectivity index (χ4v) is 7.14. The van der Waals surface area contributed by atoms with E-state index in [1.54, 1.807) is 12.1 Å². The van der Waals surface area contributed by atoms with E-state index in [9.17, 15) is 18.0 Å². The largest absolute Gasteiger partial charge is 0.493 e. The van der Waals surface area contributed by atoms with E-state index >= 15 is 0 Å². The van der Waals surface area contributed by atoms with E-state index in [4.69, 9.17) is 9.47 Å². The molecular weight excluding hydrogens is 639 g/mol. The van der Waals surface area contributed by atoms with Crippen LogP contribution in [0.25, 0.3) is 0 Å². The third kappa shape index (κ3) is 9.41. The van der Waals surface area contributed by atoms with Crippen LogP contribution in [0.2, 0.25) is 0 Å². The molecule has 9 nitrogen and oxygen atoms in total. The summed E-state index contributed by atoms with van der Waals surface area (Å²) in [7, 11) is -1.43. The molecule has 0 bridgehead atoms. The van der Waals surface area contributed by atoms with Gasteiger partial charge in [-0.3, -0.25) is 13.9 Å². The van der Waals surface area contributed by atoms with Crippen molar-refractivity contribution in [2.24, 2.45) is 0 Å². The number of carbonyl (C=O) groups excluding carboxylic acids is 2. The van der Waals surface area contributed by atoms with Crippen molar-refractivity contribution in [2.45, 2.75) is 71.0 Å². The molecular formula is C39H47N3O6S. The number of benzene rings is 4. The second-order valence-corrected chi connectivity index (χ2v) is 14.3. The van der Waals surface area contributed by atoms with Crippen LogP contribution in [0.4, 0.5) is 5.69 Å². The Kier molecular flexibility index (Phi) is 12.5. The molecule has 0 aliphatic heterocycles. The van der Waals surface area contributed by atoms with Crippen LogP contribution in [-0.2, 0) is 32.6 Å². The Balaban J connectivity index is 1.86. The van der Waals surface area contributed by atoms with Crippen LogP contribution in [-0.4, -0.2) is 58.0 Å². The molecule has 10 heteroatoms. The van der Waals surface area contributed by atoms with Crippen LogP contribution in [0.3, 0.4) is 0 Å². The minimum Gasteiger partial charge on any atom is -0.493 e. The van der Waals surface area contributed by atoms with E-state index < -0.39 is 28.5 Å². The summed E-state index contributed by atoms with van der Waals surface area (Å²) < 4.78 is 41.0. The molecule has 0 saturated carbocycles. The minimum absolute atomic E-state index is 0.0716. The van der Waals surface area contributed by atoms with E-state index in [1.165, 1.54) is 37.3 Å². The molecule has 4 rings (SSSR count). The van der Waals surface area contributed by atoms with Crippen LogP contribution in [0.1, 0.15) is 48.1 Å². The van der Waals surface area contributed by atoms with Gasteiger partial charge in [-0.15, -0.1) is 0 Å². The van der Waals surface area contributed by atoms with Crippen LogP contribution in [0.15, 0.2) is 95.9 Å². The summed E-state index contributed by atoms with van der Waals surface area (Å²) in [4.78, 5) is 30.3. The summed E-state index contributed by atoms with van der Waals surface area (Å²) in [5.41, 5.74) is 4.70. The Morgan fingerprint density at radius 3 is 2.04 bits per heavy atom. The molecule has 0 unspecified atom stereocenters. The number of aryl methyl sites for hydroxylation is 3. The third-order valence-corrected chi connectivity index (χ3v) is 10.2. The first-order valence-electron chi connectivity index (χ1n) is 16.4. The average molecular weight is 686 g/mol. The molecule has 260 valence electrons.